The summed E-state index contributed by atoms with van der Waals surface area (Å²) in [5.41, 5.74) is 8.12. The highest BCUT2D eigenvalue weighted by Gasteiger charge is 2.01. The third-order valence-corrected chi connectivity index (χ3v) is 3.21. The largest absolute Gasteiger partial charge is 0.492 e. The zero-order chi connectivity index (χ0) is 15.8. The van der Waals surface area contributed by atoms with Gasteiger partial charge in [-0.25, -0.2) is 4.99 Å². The second kappa shape index (κ2) is 10.1. The Morgan fingerprint density at radius 3 is 2.57 bits per heavy atom. The molecular formula is C18H24IN3O. The molecule has 2 aromatic carbocycles. The molecule has 4 nitrogen and oxygen atoms in total. The van der Waals surface area contributed by atoms with Crippen molar-refractivity contribution in [3.63, 3.8) is 0 Å². The maximum absolute atomic E-state index is 5.89. The third kappa shape index (κ3) is 6.90. The van der Waals surface area contributed by atoms with Crippen molar-refractivity contribution in [3.05, 3.63) is 60.2 Å². The molecule has 0 aliphatic carbocycles. The van der Waals surface area contributed by atoms with Gasteiger partial charge in [-0.2, -0.15) is 0 Å². The van der Waals surface area contributed by atoms with Crippen LogP contribution in [0.4, 0.5) is 5.69 Å². The minimum Gasteiger partial charge on any atom is -0.492 e. The van der Waals surface area contributed by atoms with Crippen molar-refractivity contribution >= 4 is 35.6 Å². The fourth-order valence-electron chi connectivity index (χ4n) is 2.01. The Kier molecular flexibility index (Phi) is 8.47. The fourth-order valence-corrected chi connectivity index (χ4v) is 2.01. The van der Waals surface area contributed by atoms with Crippen molar-refractivity contribution < 1.29 is 4.74 Å². The van der Waals surface area contributed by atoms with Crippen molar-refractivity contribution in [2.45, 2.75) is 19.8 Å². The maximum atomic E-state index is 5.89. The molecule has 0 aliphatic rings. The molecule has 0 aliphatic heterocycles. The van der Waals surface area contributed by atoms with Gasteiger partial charge in [0.1, 0.15) is 12.4 Å². The maximum Gasteiger partial charge on any atom is 0.193 e. The molecule has 0 radical (unpaired) electrons. The number of rotatable bonds is 6. The zero-order valence-electron chi connectivity index (χ0n) is 13.5. The number of halogens is 1. The number of nitrogens with two attached hydrogens (primary N) is 1. The molecule has 0 heterocycles. The zero-order valence-corrected chi connectivity index (χ0v) is 15.9. The van der Waals surface area contributed by atoms with Crippen LogP contribution in [-0.2, 0) is 0 Å². The lowest BCUT2D eigenvalue weighted by Crippen LogP contribution is -2.23. The van der Waals surface area contributed by atoms with Crippen LogP contribution in [0.5, 0.6) is 5.75 Å². The monoisotopic (exact) mass is 425 g/mol. The van der Waals surface area contributed by atoms with Gasteiger partial charge in [0.15, 0.2) is 5.96 Å². The molecule has 0 saturated heterocycles. The first-order valence-corrected chi connectivity index (χ1v) is 7.50. The van der Waals surface area contributed by atoms with E-state index >= 15 is 0 Å². The minimum atomic E-state index is 0. The Bertz CT molecular complexity index is 615. The van der Waals surface area contributed by atoms with Crippen molar-refractivity contribution in [3.8, 4) is 5.75 Å². The first-order valence-electron chi connectivity index (χ1n) is 7.50. The van der Waals surface area contributed by atoms with E-state index < -0.39 is 0 Å². The number of aliphatic imine (C=N–C) groups is 1. The molecule has 0 atom stereocenters. The molecule has 0 aromatic heterocycles. The van der Waals surface area contributed by atoms with E-state index in [9.17, 15) is 0 Å². The SMILES string of the molecule is CC(C)c1cccc(NC(N)=NCCOc2ccccc2)c1.I. The van der Waals surface area contributed by atoms with E-state index in [-0.39, 0.29) is 24.0 Å². The van der Waals surface area contributed by atoms with Crippen LogP contribution in [-0.4, -0.2) is 19.1 Å². The number of hydrogen-bond donors (Lipinski definition) is 2. The van der Waals surface area contributed by atoms with Crippen LogP contribution in [0.3, 0.4) is 0 Å². The van der Waals surface area contributed by atoms with Crippen LogP contribution in [0, 0.1) is 0 Å². The number of ether oxygens (including phenoxy) is 1. The lowest BCUT2D eigenvalue weighted by Gasteiger charge is -2.10. The van der Waals surface area contributed by atoms with E-state index in [0.717, 1.165) is 11.4 Å². The highest BCUT2D eigenvalue weighted by molar-refractivity contribution is 14.0. The number of anilines is 1. The summed E-state index contributed by atoms with van der Waals surface area (Å²) in [6.07, 6.45) is 0. The van der Waals surface area contributed by atoms with E-state index in [2.05, 4.69) is 36.3 Å². The van der Waals surface area contributed by atoms with Crippen molar-refractivity contribution in [1.29, 1.82) is 0 Å². The molecule has 23 heavy (non-hydrogen) atoms. The van der Waals surface area contributed by atoms with Crippen LogP contribution in [0.1, 0.15) is 25.3 Å². The van der Waals surface area contributed by atoms with Gasteiger partial charge in [0, 0.05) is 5.69 Å². The molecule has 0 fully saturated rings. The Hall–Kier alpha value is -1.76. The predicted octanol–water partition coefficient (Wildman–Crippen LogP) is 4.23. The van der Waals surface area contributed by atoms with Gasteiger partial charge in [0.25, 0.3) is 0 Å². The number of nitrogens with one attached hydrogen (secondary N) is 1. The fraction of sp³-hybridized carbons (Fsp3) is 0.278. The van der Waals surface area contributed by atoms with Gasteiger partial charge in [-0.3, -0.25) is 0 Å². The second-order valence-electron chi connectivity index (χ2n) is 5.33. The summed E-state index contributed by atoms with van der Waals surface area (Å²) in [4.78, 5) is 4.27. The smallest absolute Gasteiger partial charge is 0.193 e. The normalized spacial score (nSPS) is 11.0. The Morgan fingerprint density at radius 2 is 1.87 bits per heavy atom. The lowest BCUT2D eigenvalue weighted by molar-refractivity contribution is 0.329. The number of guanidine groups is 1. The first kappa shape index (κ1) is 19.3. The van der Waals surface area contributed by atoms with Crippen LogP contribution >= 0.6 is 24.0 Å². The second-order valence-corrected chi connectivity index (χ2v) is 5.33. The highest BCUT2D eigenvalue weighted by atomic mass is 127. The molecule has 0 unspecified atom stereocenters. The van der Waals surface area contributed by atoms with Gasteiger partial charge >= 0.3 is 0 Å². The predicted molar refractivity (Wildman–Crippen MR) is 108 cm³/mol. The Morgan fingerprint density at radius 1 is 1.13 bits per heavy atom. The van der Waals surface area contributed by atoms with E-state index in [4.69, 9.17) is 10.5 Å². The summed E-state index contributed by atoms with van der Waals surface area (Å²) in [5, 5.41) is 3.11. The molecule has 5 heteroatoms. The van der Waals surface area contributed by atoms with Gasteiger partial charge in [-0.15, -0.1) is 24.0 Å². The van der Waals surface area contributed by atoms with Crippen LogP contribution in [0.15, 0.2) is 59.6 Å². The molecule has 0 saturated carbocycles. The molecule has 0 spiro atoms. The summed E-state index contributed by atoms with van der Waals surface area (Å²) in [5.74, 6) is 1.73. The molecule has 0 bridgehead atoms. The van der Waals surface area contributed by atoms with E-state index in [1.54, 1.807) is 0 Å². The molecular weight excluding hydrogens is 401 g/mol. The standard InChI is InChI=1S/C18H23N3O.HI/c1-14(2)15-7-6-8-16(13-15)21-18(19)20-11-12-22-17-9-4-3-5-10-17;/h3-10,13-14H,11-12H2,1-2H3,(H3,19,20,21);1H. The lowest BCUT2D eigenvalue weighted by atomic mass is 10.0. The van der Waals surface area contributed by atoms with Gasteiger partial charge < -0.3 is 15.8 Å². The van der Waals surface area contributed by atoms with Gasteiger partial charge in [-0.05, 0) is 35.7 Å². The Labute approximate surface area is 155 Å². The topological polar surface area (TPSA) is 59.6 Å². The molecule has 2 rings (SSSR count). The average molecular weight is 425 g/mol. The first-order chi connectivity index (χ1) is 10.6. The van der Waals surface area contributed by atoms with E-state index in [0.29, 0.717) is 25.0 Å². The number of nitrogens with zero attached hydrogens (tertiary/aromatic N) is 1. The van der Waals surface area contributed by atoms with Crippen molar-refractivity contribution in [1.82, 2.24) is 0 Å². The van der Waals surface area contributed by atoms with Gasteiger partial charge in [-0.1, -0.05) is 44.2 Å². The van der Waals surface area contributed by atoms with Crippen LogP contribution in [0.25, 0.3) is 0 Å². The summed E-state index contributed by atoms with van der Waals surface area (Å²) in [6, 6.07) is 17.9. The van der Waals surface area contributed by atoms with Gasteiger partial charge in [0.05, 0.1) is 6.54 Å². The van der Waals surface area contributed by atoms with Gasteiger partial charge in [0.2, 0.25) is 0 Å². The third-order valence-electron chi connectivity index (χ3n) is 3.21. The summed E-state index contributed by atoms with van der Waals surface area (Å²) in [6.45, 7) is 5.34. The summed E-state index contributed by atoms with van der Waals surface area (Å²) >= 11 is 0. The van der Waals surface area contributed by atoms with Crippen molar-refractivity contribution in [2.24, 2.45) is 10.7 Å². The van der Waals surface area contributed by atoms with Crippen molar-refractivity contribution in [2.75, 3.05) is 18.5 Å². The minimum absolute atomic E-state index is 0. The summed E-state index contributed by atoms with van der Waals surface area (Å²) < 4.78 is 5.57. The summed E-state index contributed by atoms with van der Waals surface area (Å²) in [7, 11) is 0. The molecule has 124 valence electrons. The number of benzene rings is 2. The Balaban J connectivity index is 0.00000264. The van der Waals surface area contributed by atoms with Crippen LogP contribution < -0.4 is 15.8 Å². The van der Waals surface area contributed by atoms with E-state index in [1.807, 2.05) is 42.5 Å². The molecule has 2 aromatic rings. The molecule has 0 amide bonds. The highest BCUT2D eigenvalue weighted by Crippen LogP contribution is 2.18. The number of hydrogen-bond acceptors (Lipinski definition) is 2. The van der Waals surface area contributed by atoms with E-state index in [1.165, 1.54) is 5.56 Å². The average Bonchev–Trinajstić information content (AvgIpc) is 2.53. The van der Waals surface area contributed by atoms with Crippen LogP contribution in [0.2, 0.25) is 0 Å². The number of para-hydroxylation sites is 1. The molecule has 3 N–H and O–H groups in total. The quantitative estimate of drug-likeness (QED) is 0.315.